The summed E-state index contributed by atoms with van der Waals surface area (Å²) in [6, 6.07) is 10.1. The van der Waals surface area contributed by atoms with Crippen LogP contribution in [0.2, 0.25) is 0 Å². The van der Waals surface area contributed by atoms with Crippen LogP contribution in [0.3, 0.4) is 0 Å². The van der Waals surface area contributed by atoms with E-state index in [1.165, 1.54) is 0 Å². The van der Waals surface area contributed by atoms with Crippen LogP contribution in [-0.2, 0) is 17.9 Å². The molecule has 8 nitrogen and oxygen atoms in total. The molecule has 0 radical (unpaired) electrons. The van der Waals surface area contributed by atoms with Crippen LogP contribution >= 0.6 is 0 Å². The number of rotatable bonds is 7. The van der Waals surface area contributed by atoms with Gasteiger partial charge in [0.15, 0.2) is 0 Å². The molecule has 3 heterocycles. The number of aryl methyl sites for hydroxylation is 2. The van der Waals surface area contributed by atoms with Gasteiger partial charge >= 0.3 is 0 Å². The fourth-order valence-corrected chi connectivity index (χ4v) is 3.73. The van der Waals surface area contributed by atoms with Gasteiger partial charge < -0.3 is 9.88 Å². The van der Waals surface area contributed by atoms with Gasteiger partial charge in [0.25, 0.3) is 0 Å². The lowest BCUT2D eigenvalue weighted by Crippen LogP contribution is -2.46. The number of benzene rings is 1. The third-order valence-corrected chi connectivity index (χ3v) is 5.29. The van der Waals surface area contributed by atoms with Crippen molar-refractivity contribution in [2.24, 2.45) is 0 Å². The minimum Gasteiger partial charge on any atom is -0.352 e. The van der Waals surface area contributed by atoms with Crippen LogP contribution in [0.1, 0.15) is 25.6 Å². The predicted molar refractivity (Wildman–Crippen MR) is 107 cm³/mol. The Kier molecular flexibility index (Phi) is 5.40. The molecule has 3 atom stereocenters. The first kappa shape index (κ1) is 18.6. The van der Waals surface area contributed by atoms with E-state index in [1.54, 1.807) is 6.20 Å². The number of amides is 1. The summed E-state index contributed by atoms with van der Waals surface area (Å²) < 4.78 is 4.09. The van der Waals surface area contributed by atoms with Crippen molar-refractivity contribution in [2.75, 3.05) is 0 Å². The lowest BCUT2D eigenvalue weighted by molar-refractivity contribution is -0.123. The molecule has 3 unspecified atom stereocenters. The summed E-state index contributed by atoms with van der Waals surface area (Å²) in [5, 5.41) is 7.30. The van der Waals surface area contributed by atoms with Gasteiger partial charge in [-0.15, -0.1) is 0 Å². The first-order valence-electron chi connectivity index (χ1n) is 9.81. The number of aromatic nitrogens is 4. The molecule has 0 bridgehead atoms. The Morgan fingerprint density at radius 1 is 1.32 bits per heavy atom. The van der Waals surface area contributed by atoms with Crippen LogP contribution in [0.5, 0.6) is 0 Å². The van der Waals surface area contributed by atoms with Crippen molar-refractivity contribution < 1.29 is 4.79 Å². The average molecular weight is 381 g/mol. The maximum absolute atomic E-state index is 12.6. The summed E-state index contributed by atoms with van der Waals surface area (Å²) in [6.45, 7) is 5.62. The molecule has 1 aliphatic heterocycles. The number of nitrogens with zero attached hydrogens (tertiary/aromatic N) is 4. The maximum atomic E-state index is 12.6. The lowest BCUT2D eigenvalue weighted by Gasteiger charge is -2.17. The van der Waals surface area contributed by atoms with Gasteiger partial charge in [-0.2, -0.15) is 5.10 Å². The monoisotopic (exact) mass is 381 g/mol. The molecule has 0 spiro atoms. The van der Waals surface area contributed by atoms with Crippen molar-refractivity contribution in [1.29, 1.82) is 0 Å². The molecule has 1 aliphatic rings. The van der Waals surface area contributed by atoms with Gasteiger partial charge in [0.05, 0.1) is 11.0 Å². The van der Waals surface area contributed by atoms with Crippen molar-refractivity contribution in [3.05, 3.63) is 48.5 Å². The number of hydrogen-bond donors (Lipinski definition) is 3. The average Bonchev–Trinajstić information content (AvgIpc) is 3.42. The Hall–Kier alpha value is -2.71. The molecule has 2 aromatic heterocycles. The highest BCUT2D eigenvalue weighted by molar-refractivity contribution is 5.82. The molecular formula is C20H27N7O. The Morgan fingerprint density at radius 2 is 2.18 bits per heavy atom. The number of hydrazine groups is 1. The third-order valence-electron chi connectivity index (χ3n) is 5.29. The van der Waals surface area contributed by atoms with Crippen LogP contribution in [0.25, 0.3) is 11.0 Å². The van der Waals surface area contributed by atoms with E-state index in [0.29, 0.717) is 0 Å². The Bertz CT molecular complexity index is 933. The zero-order valence-corrected chi connectivity index (χ0v) is 16.3. The normalized spacial score (nSPS) is 20.5. The smallest absolute Gasteiger partial charge is 0.238 e. The first-order chi connectivity index (χ1) is 13.6. The predicted octanol–water partition coefficient (Wildman–Crippen LogP) is 1.37. The molecule has 1 fully saturated rings. The minimum absolute atomic E-state index is 0.0372. The highest BCUT2D eigenvalue weighted by Crippen LogP contribution is 2.18. The summed E-state index contributed by atoms with van der Waals surface area (Å²) in [5.74, 6) is 1.03. The van der Waals surface area contributed by atoms with E-state index in [-0.39, 0.29) is 24.0 Å². The molecule has 1 amide bonds. The lowest BCUT2D eigenvalue weighted by atomic mass is 10.1. The van der Waals surface area contributed by atoms with E-state index in [0.717, 1.165) is 42.8 Å². The van der Waals surface area contributed by atoms with Crippen LogP contribution in [0, 0.1) is 6.92 Å². The fourth-order valence-electron chi connectivity index (χ4n) is 3.73. The van der Waals surface area contributed by atoms with E-state index in [2.05, 4.69) is 36.9 Å². The maximum Gasteiger partial charge on any atom is 0.238 e. The Labute approximate surface area is 164 Å². The zero-order chi connectivity index (χ0) is 19.5. The van der Waals surface area contributed by atoms with E-state index in [1.807, 2.05) is 49.0 Å². The van der Waals surface area contributed by atoms with Crippen molar-refractivity contribution in [2.45, 2.75) is 57.9 Å². The molecule has 8 heteroatoms. The van der Waals surface area contributed by atoms with Gasteiger partial charge in [-0.25, -0.2) is 10.4 Å². The minimum atomic E-state index is -0.229. The molecule has 0 aliphatic carbocycles. The summed E-state index contributed by atoms with van der Waals surface area (Å²) in [4.78, 5) is 17.2. The number of carbonyl (C=O) groups is 1. The molecule has 4 rings (SSSR count). The fraction of sp³-hybridized carbons (Fsp3) is 0.450. The number of nitrogens with one attached hydrogen (secondary N) is 3. The van der Waals surface area contributed by atoms with Crippen LogP contribution in [0.15, 0.2) is 42.7 Å². The number of fused-ring (bicyclic) bond motifs is 1. The zero-order valence-electron chi connectivity index (χ0n) is 16.3. The molecular weight excluding hydrogens is 354 g/mol. The molecule has 1 saturated heterocycles. The highest BCUT2D eigenvalue weighted by Gasteiger charge is 2.30. The standard InChI is InChI=1S/C20H27N7O/c1-14(8-11-26-10-5-9-21-26)22-20(28)18-12-16(24-25-18)13-27-15(2)23-17-6-3-4-7-19(17)27/h3-7,9-10,14,16,18,24-25H,8,11-13H2,1-2H3,(H,22,28). The van der Waals surface area contributed by atoms with E-state index in [4.69, 9.17) is 0 Å². The van der Waals surface area contributed by atoms with Crippen LogP contribution in [0.4, 0.5) is 0 Å². The summed E-state index contributed by atoms with van der Waals surface area (Å²) in [6.07, 6.45) is 5.28. The first-order valence-corrected chi connectivity index (χ1v) is 9.81. The molecule has 148 valence electrons. The van der Waals surface area contributed by atoms with Gasteiger partial charge in [0.1, 0.15) is 11.9 Å². The van der Waals surface area contributed by atoms with Crippen molar-refractivity contribution >= 4 is 16.9 Å². The van der Waals surface area contributed by atoms with Crippen molar-refractivity contribution in [3.8, 4) is 0 Å². The van der Waals surface area contributed by atoms with Gasteiger partial charge in [-0.1, -0.05) is 12.1 Å². The second kappa shape index (κ2) is 8.12. The molecule has 0 saturated carbocycles. The Balaban J connectivity index is 1.29. The molecule has 28 heavy (non-hydrogen) atoms. The van der Waals surface area contributed by atoms with E-state index >= 15 is 0 Å². The van der Waals surface area contributed by atoms with Crippen molar-refractivity contribution in [3.63, 3.8) is 0 Å². The van der Waals surface area contributed by atoms with Crippen LogP contribution in [-0.4, -0.2) is 43.4 Å². The summed E-state index contributed by atoms with van der Waals surface area (Å²) in [5.41, 5.74) is 8.55. The second-order valence-electron chi connectivity index (χ2n) is 7.50. The Morgan fingerprint density at radius 3 is 3.00 bits per heavy atom. The molecule has 1 aromatic carbocycles. The summed E-state index contributed by atoms with van der Waals surface area (Å²) >= 11 is 0. The van der Waals surface area contributed by atoms with Gasteiger partial charge in [0.2, 0.25) is 5.91 Å². The third kappa shape index (κ3) is 4.07. The molecule has 3 aromatic rings. The topological polar surface area (TPSA) is 88.8 Å². The SMILES string of the molecule is Cc1nc2ccccc2n1CC1CC(C(=O)NC(C)CCn2cccn2)NN1. The number of para-hydroxylation sites is 2. The van der Waals surface area contributed by atoms with Gasteiger partial charge in [0, 0.05) is 37.6 Å². The molecule has 3 N–H and O–H groups in total. The second-order valence-corrected chi connectivity index (χ2v) is 7.50. The van der Waals surface area contributed by atoms with E-state index in [9.17, 15) is 4.79 Å². The number of carbonyl (C=O) groups excluding carboxylic acids is 1. The summed E-state index contributed by atoms with van der Waals surface area (Å²) in [7, 11) is 0. The van der Waals surface area contributed by atoms with Gasteiger partial charge in [-0.05, 0) is 44.9 Å². The van der Waals surface area contributed by atoms with E-state index < -0.39 is 0 Å². The largest absolute Gasteiger partial charge is 0.352 e. The van der Waals surface area contributed by atoms with Crippen LogP contribution < -0.4 is 16.2 Å². The van der Waals surface area contributed by atoms with Gasteiger partial charge in [-0.3, -0.25) is 14.9 Å². The number of imidazole rings is 1. The quantitative estimate of drug-likeness (QED) is 0.575. The number of hydrogen-bond acceptors (Lipinski definition) is 5. The highest BCUT2D eigenvalue weighted by atomic mass is 16.2. The van der Waals surface area contributed by atoms with Crippen molar-refractivity contribution in [1.82, 2.24) is 35.5 Å².